The molecule has 1 aliphatic heterocycles. The Labute approximate surface area is 131 Å². The van der Waals surface area contributed by atoms with Crippen molar-refractivity contribution >= 4 is 34.5 Å². The van der Waals surface area contributed by atoms with Crippen molar-refractivity contribution in [1.82, 2.24) is 4.90 Å². The monoisotopic (exact) mass is 311 g/mol. The molecule has 0 amide bonds. The van der Waals surface area contributed by atoms with Crippen LogP contribution in [-0.2, 0) is 0 Å². The van der Waals surface area contributed by atoms with Gasteiger partial charge in [-0.1, -0.05) is 29.9 Å². The first-order valence-electron chi connectivity index (χ1n) is 6.97. The van der Waals surface area contributed by atoms with Crippen molar-refractivity contribution in [2.24, 2.45) is 11.7 Å². The van der Waals surface area contributed by atoms with Crippen molar-refractivity contribution < 1.29 is 0 Å². The first-order valence-corrected chi connectivity index (χ1v) is 7.75. The highest BCUT2D eigenvalue weighted by Gasteiger charge is 2.20. The Morgan fingerprint density at radius 3 is 2.70 bits per heavy atom. The third-order valence-electron chi connectivity index (χ3n) is 4.02. The predicted octanol–water partition coefficient (Wildman–Crippen LogP) is 2.75. The number of nitrogens with two attached hydrogens (primary N) is 1. The van der Waals surface area contributed by atoms with Crippen LogP contribution in [0.25, 0.3) is 0 Å². The average molecular weight is 312 g/mol. The van der Waals surface area contributed by atoms with Crippen LogP contribution in [0.1, 0.15) is 18.4 Å². The summed E-state index contributed by atoms with van der Waals surface area (Å²) in [5.41, 5.74) is 7.64. The molecule has 110 valence electrons. The van der Waals surface area contributed by atoms with Crippen molar-refractivity contribution in [3.63, 3.8) is 0 Å². The molecule has 0 atom stereocenters. The average Bonchev–Trinajstić information content (AvgIpc) is 2.40. The molecule has 3 nitrogen and oxygen atoms in total. The molecule has 2 rings (SSSR count). The fourth-order valence-electron chi connectivity index (χ4n) is 2.81. The van der Waals surface area contributed by atoms with Gasteiger partial charge in [-0.3, -0.25) is 0 Å². The maximum atomic E-state index is 6.23. The lowest BCUT2D eigenvalue weighted by Gasteiger charge is -2.33. The molecule has 1 saturated heterocycles. The van der Waals surface area contributed by atoms with Crippen molar-refractivity contribution in [3.8, 4) is 0 Å². The van der Waals surface area contributed by atoms with Gasteiger partial charge in [0.2, 0.25) is 0 Å². The summed E-state index contributed by atoms with van der Waals surface area (Å²) >= 11 is 11.4. The standard InChI is InChI=1S/C15H22ClN3S/c1-18-8-6-11(7-9-18)10-19(2)13-5-3-4-12(16)14(13)15(17)20/h3-5,11H,6-10H2,1-2H3,(H2,17,20). The minimum absolute atomic E-state index is 0.362. The van der Waals surface area contributed by atoms with Crippen molar-refractivity contribution in [1.29, 1.82) is 0 Å². The van der Waals surface area contributed by atoms with Gasteiger partial charge in [-0.25, -0.2) is 0 Å². The molecule has 5 heteroatoms. The van der Waals surface area contributed by atoms with E-state index in [1.165, 1.54) is 25.9 Å². The van der Waals surface area contributed by atoms with Crippen molar-refractivity contribution in [2.45, 2.75) is 12.8 Å². The molecular formula is C15H22ClN3S. The molecule has 1 aromatic carbocycles. The van der Waals surface area contributed by atoms with Crippen LogP contribution in [0.15, 0.2) is 18.2 Å². The number of hydrogen-bond acceptors (Lipinski definition) is 3. The van der Waals surface area contributed by atoms with E-state index in [4.69, 9.17) is 29.6 Å². The van der Waals surface area contributed by atoms with E-state index in [1.807, 2.05) is 18.2 Å². The highest BCUT2D eigenvalue weighted by Crippen LogP contribution is 2.28. The van der Waals surface area contributed by atoms with Gasteiger partial charge in [0.25, 0.3) is 0 Å². The number of nitrogens with zero attached hydrogens (tertiary/aromatic N) is 2. The van der Waals surface area contributed by atoms with Gasteiger partial charge < -0.3 is 15.5 Å². The Morgan fingerprint density at radius 2 is 2.10 bits per heavy atom. The predicted molar refractivity (Wildman–Crippen MR) is 90.8 cm³/mol. The van der Waals surface area contributed by atoms with Crippen LogP contribution in [0.4, 0.5) is 5.69 Å². The smallest absolute Gasteiger partial charge is 0.107 e. The number of rotatable bonds is 4. The minimum Gasteiger partial charge on any atom is -0.389 e. The minimum atomic E-state index is 0.362. The zero-order valence-electron chi connectivity index (χ0n) is 12.1. The maximum Gasteiger partial charge on any atom is 0.107 e. The second-order valence-corrected chi connectivity index (χ2v) is 6.47. The first-order chi connectivity index (χ1) is 9.49. The fraction of sp³-hybridized carbons (Fsp3) is 0.533. The molecule has 20 heavy (non-hydrogen) atoms. The second-order valence-electron chi connectivity index (χ2n) is 5.63. The molecule has 0 aromatic heterocycles. The topological polar surface area (TPSA) is 32.5 Å². The summed E-state index contributed by atoms with van der Waals surface area (Å²) < 4.78 is 0. The van der Waals surface area contributed by atoms with E-state index in [-0.39, 0.29) is 0 Å². The third-order valence-corrected chi connectivity index (χ3v) is 4.54. The summed E-state index contributed by atoms with van der Waals surface area (Å²) in [6.45, 7) is 3.37. The number of likely N-dealkylation sites (tertiary alicyclic amines) is 1. The quantitative estimate of drug-likeness (QED) is 0.867. The highest BCUT2D eigenvalue weighted by molar-refractivity contribution is 7.80. The lowest BCUT2D eigenvalue weighted by atomic mass is 9.96. The lowest BCUT2D eigenvalue weighted by molar-refractivity contribution is 0.222. The number of piperidine rings is 1. The number of anilines is 1. The fourth-order valence-corrected chi connectivity index (χ4v) is 3.35. The van der Waals surface area contributed by atoms with E-state index in [1.54, 1.807) is 0 Å². The van der Waals surface area contributed by atoms with Crippen LogP contribution in [0.3, 0.4) is 0 Å². The van der Waals surface area contributed by atoms with Gasteiger partial charge in [0.05, 0.1) is 10.6 Å². The van der Waals surface area contributed by atoms with Crippen molar-refractivity contribution in [2.75, 3.05) is 38.6 Å². The summed E-state index contributed by atoms with van der Waals surface area (Å²) in [5, 5.41) is 0.630. The molecule has 0 bridgehead atoms. The van der Waals surface area contributed by atoms with E-state index < -0.39 is 0 Å². The first kappa shape index (κ1) is 15.5. The third kappa shape index (κ3) is 3.62. The van der Waals surface area contributed by atoms with Crippen LogP contribution in [0.5, 0.6) is 0 Å². The number of thiocarbonyl (C=S) groups is 1. The summed E-state index contributed by atoms with van der Waals surface area (Å²) in [7, 11) is 4.27. The SMILES string of the molecule is CN1CCC(CN(C)c2cccc(Cl)c2C(N)=S)CC1. The van der Waals surface area contributed by atoms with Crippen molar-refractivity contribution in [3.05, 3.63) is 28.8 Å². The molecule has 1 aromatic rings. The number of halogens is 1. The maximum absolute atomic E-state index is 6.23. The second kappa shape index (κ2) is 6.74. The van der Waals surface area contributed by atoms with Crippen LogP contribution < -0.4 is 10.6 Å². The molecule has 0 spiro atoms. The molecule has 0 unspecified atom stereocenters. The van der Waals surface area contributed by atoms with Crippen LogP contribution in [0, 0.1) is 5.92 Å². The Morgan fingerprint density at radius 1 is 1.45 bits per heavy atom. The molecular weight excluding hydrogens is 290 g/mol. The Bertz CT molecular complexity index is 484. The summed E-state index contributed by atoms with van der Waals surface area (Å²) in [6, 6.07) is 5.82. The van der Waals surface area contributed by atoms with Gasteiger partial charge in [0.1, 0.15) is 4.99 Å². The molecule has 1 heterocycles. The highest BCUT2D eigenvalue weighted by atomic mass is 35.5. The van der Waals surface area contributed by atoms with Gasteiger partial charge in [0, 0.05) is 19.3 Å². The van der Waals surface area contributed by atoms with E-state index >= 15 is 0 Å². The number of hydrogen-bond donors (Lipinski definition) is 1. The van der Waals surface area contributed by atoms with Gasteiger partial charge in [-0.2, -0.15) is 0 Å². The molecule has 1 aliphatic rings. The summed E-state index contributed by atoms with van der Waals surface area (Å²) in [4.78, 5) is 4.98. The van der Waals surface area contributed by atoms with Gasteiger partial charge >= 0.3 is 0 Å². The van der Waals surface area contributed by atoms with Crippen LogP contribution in [0.2, 0.25) is 5.02 Å². The summed E-state index contributed by atoms with van der Waals surface area (Å²) in [5.74, 6) is 0.717. The Kier molecular flexibility index (Phi) is 5.24. The lowest BCUT2D eigenvalue weighted by Crippen LogP contribution is -2.36. The largest absolute Gasteiger partial charge is 0.389 e. The van der Waals surface area contributed by atoms with E-state index in [0.29, 0.717) is 10.0 Å². The van der Waals surface area contributed by atoms with Gasteiger partial charge in [0.15, 0.2) is 0 Å². The zero-order valence-corrected chi connectivity index (χ0v) is 13.7. The molecule has 0 radical (unpaired) electrons. The molecule has 2 N–H and O–H groups in total. The van der Waals surface area contributed by atoms with E-state index in [0.717, 1.165) is 23.7 Å². The normalized spacial score (nSPS) is 17.1. The molecule has 0 aliphatic carbocycles. The van der Waals surface area contributed by atoms with Crippen LogP contribution in [-0.4, -0.2) is 43.6 Å². The zero-order chi connectivity index (χ0) is 14.7. The van der Waals surface area contributed by atoms with Gasteiger partial charge in [-0.15, -0.1) is 0 Å². The number of benzene rings is 1. The molecule has 1 fully saturated rings. The molecule has 0 saturated carbocycles. The van der Waals surface area contributed by atoms with E-state index in [9.17, 15) is 0 Å². The van der Waals surface area contributed by atoms with Crippen LogP contribution >= 0.6 is 23.8 Å². The summed E-state index contributed by atoms with van der Waals surface area (Å²) in [6.07, 6.45) is 2.48. The Hall–Kier alpha value is -0.840. The van der Waals surface area contributed by atoms with Gasteiger partial charge in [-0.05, 0) is 51.0 Å². The van der Waals surface area contributed by atoms with E-state index in [2.05, 4.69) is 23.9 Å². The Balaban J connectivity index is 2.11.